The molecule has 3 aliphatic heterocycles. The van der Waals surface area contributed by atoms with Crippen LogP contribution in [-0.4, -0.2) is 85.4 Å². The largest absolute Gasteiger partial charge is 0.481 e. The summed E-state index contributed by atoms with van der Waals surface area (Å²) in [4.78, 5) is 23.4. The predicted octanol–water partition coefficient (Wildman–Crippen LogP) is 1.15. The molecule has 4 rings (SSSR count). The van der Waals surface area contributed by atoms with Gasteiger partial charge in [0.15, 0.2) is 0 Å². The molecule has 1 aromatic rings. The van der Waals surface area contributed by atoms with Crippen molar-refractivity contribution < 1.29 is 14.6 Å². The second-order valence-corrected chi connectivity index (χ2v) is 8.52. The molecule has 0 bridgehead atoms. The Morgan fingerprint density at radius 2 is 2.07 bits per heavy atom. The lowest BCUT2D eigenvalue weighted by atomic mass is 9.81. The SMILES string of the molecule is CN(C)c1ccc(CN2C[C@H]3CN(C4CCOCC4)C[C@@]3(C(=O)O)C2)cn1. The molecule has 0 radical (unpaired) electrons. The van der Waals surface area contributed by atoms with Crippen LogP contribution in [0, 0.1) is 11.3 Å². The molecule has 0 spiro atoms. The summed E-state index contributed by atoms with van der Waals surface area (Å²) < 4.78 is 5.47. The molecule has 0 aliphatic carbocycles. The van der Waals surface area contributed by atoms with Crippen LogP contribution in [0.3, 0.4) is 0 Å². The highest BCUT2D eigenvalue weighted by Gasteiger charge is 2.58. The van der Waals surface area contributed by atoms with Crippen molar-refractivity contribution in [3.8, 4) is 0 Å². The van der Waals surface area contributed by atoms with Gasteiger partial charge in [-0.25, -0.2) is 4.98 Å². The van der Waals surface area contributed by atoms with Crippen molar-refractivity contribution in [3.05, 3.63) is 23.9 Å². The van der Waals surface area contributed by atoms with Crippen molar-refractivity contribution in [1.82, 2.24) is 14.8 Å². The van der Waals surface area contributed by atoms with Gasteiger partial charge in [0, 0.05) is 78.2 Å². The number of carboxylic acid groups (broad SMARTS) is 1. The van der Waals surface area contributed by atoms with Gasteiger partial charge in [-0.1, -0.05) is 6.07 Å². The summed E-state index contributed by atoms with van der Waals surface area (Å²) in [5, 5.41) is 10.1. The average Bonchev–Trinajstić information content (AvgIpc) is 3.18. The summed E-state index contributed by atoms with van der Waals surface area (Å²) in [7, 11) is 3.95. The molecule has 7 nitrogen and oxygen atoms in total. The van der Waals surface area contributed by atoms with Crippen molar-refractivity contribution in [2.24, 2.45) is 11.3 Å². The first kappa shape index (κ1) is 18.7. The molecular formula is C20H30N4O3. The van der Waals surface area contributed by atoms with Gasteiger partial charge in [0.1, 0.15) is 5.82 Å². The Morgan fingerprint density at radius 1 is 1.30 bits per heavy atom. The second-order valence-electron chi connectivity index (χ2n) is 8.52. The van der Waals surface area contributed by atoms with E-state index in [4.69, 9.17) is 4.74 Å². The zero-order valence-corrected chi connectivity index (χ0v) is 16.3. The maximum absolute atomic E-state index is 12.3. The van der Waals surface area contributed by atoms with Gasteiger partial charge in [0.05, 0.1) is 5.41 Å². The summed E-state index contributed by atoms with van der Waals surface area (Å²) in [5.41, 5.74) is 0.511. The molecule has 0 amide bonds. The number of carboxylic acids is 1. The van der Waals surface area contributed by atoms with E-state index in [-0.39, 0.29) is 5.92 Å². The van der Waals surface area contributed by atoms with Gasteiger partial charge in [-0.15, -0.1) is 0 Å². The number of aromatic nitrogens is 1. The van der Waals surface area contributed by atoms with E-state index >= 15 is 0 Å². The Morgan fingerprint density at radius 3 is 2.67 bits per heavy atom. The molecule has 7 heteroatoms. The van der Waals surface area contributed by atoms with Crippen LogP contribution in [0.15, 0.2) is 18.3 Å². The van der Waals surface area contributed by atoms with Gasteiger partial charge < -0.3 is 14.7 Å². The number of aliphatic carboxylic acids is 1. The number of nitrogens with zero attached hydrogens (tertiary/aromatic N) is 4. The first-order valence-corrected chi connectivity index (χ1v) is 9.88. The van der Waals surface area contributed by atoms with E-state index < -0.39 is 11.4 Å². The van der Waals surface area contributed by atoms with Crippen molar-refractivity contribution in [2.45, 2.75) is 25.4 Å². The minimum atomic E-state index is -0.634. The Balaban J connectivity index is 1.42. The number of likely N-dealkylation sites (tertiary alicyclic amines) is 2. The van der Waals surface area contributed by atoms with E-state index in [9.17, 15) is 9.90 Å². The van der Waals surface area contributed by atoms with Crippen LogP contribution in [0.1, 0.15) is 18.4 Å². The zero-order valence-electron chi connectivity index (χ0n) is 16.3. The number of rotatable bonds is 5. The Labute approximate surface area is 160 Å². The summed E-state index contributed by atoms with van der Waals surface area (Å²) in [6.45, 7) is 5.41. The van der Waals surface area contributed by atoms with Crippen LogP contribution in [0.5, 0.6) is 0 Å². The van der Waals surface area contributed by atoms with Crippen LogP contribution >= 0.6 is 0 Å². The van der Waals surface area contributed by atoms with Crippen LogP contribution in [0.4, 0.5) is 5.82 Å². The molecule has 2 atom stereocenters. The minimum Gasteiger partial charge on any atom is -0.481 e. The highest BCUT2D eigenvalue weighted by Crippen LogP contribution is 2.44. The van der Waals surface area contributed by atoms with E-state index in [1.807, 2.05) is 31.3 Å². The smallest absolute Gasteiger partial charge is 0.312 e. The lowest BCUT2D eigenvalue weighted by Gasteiger charge is -2.33. The quantitative estimate of drug-likeness (QED) is 0.829. The number of carbonyl (C=O) groups is 1. The fraction of sp³-hybridized carbons (Fsp3) is 0.700. The van der Waals surface area contributed by atoms with Crippen LogP contribution in [-0.2, 0) is 16.1 Å². The first-order valence-electron chi connectivity index (χ1n) is 9.88. The van der Waals surface area contributed by atoms with Crippen LogP contribution < -0.4 is 4.90 Å². The van der Waals surface area contributed by atoms with Gasteiger partial charge >= 0.3 is 5.97 Å². The molecule has 0 saturated carbocycles. The number of anilines is 1. The summed E-state index contributed by atoms with van der Waals surface area (Å²) >= 11 is 0. The molecule has 3 saturated heterocycles. The number of hydrogen-bond acceptors (Lipinski definition) is 6. The molecule has 3 aliphatic rings. The standard InChI is InChI=1S/C20H30N4O3/c1-22(2)18-4-3-15(9-21-18)10-23-11-16-12-24(17-5-7-27-8-6-17)14-20(16,13-23)19(25)26/h3-4,9,16-17H,5-8,10-14H2,1-2H3,(H,25,26)/t16-,20-/m0/s1. The molecule has 1 N–H and O–H groups in total. The van der Waals surface area contributed by atoms with Gasteiger partial charge in [0.2, 0.25) is 0 Å². The predicted molar refractivity (Wildman–Crippen MR) is 103 cm³/mol. The average molecular weight is 374 g/mol. The van der Waals surface area contributed by atoms with E-state index in [2.05, 4.69) is 20.9 Å². The fourth-order valence-electron chi connectivity index (χ4n) is 4.99. The number of ether oxygens (including phenoxy) is 1. The maximum atomic E-state index is 12.3. The third-order valence-corrected chi connectivity index (χ3v) is 6.51. The monoisotopic (exact) mass is 374 g/mol. The van der Waals surface area contributed by atoms with Crippen molar-refractivity contribution >= 4 is 11.8 Å². The lowest BCUT2D eigenvalue weighted by Crippen LogP contribution is -2.44. The molecule has 27 heavy (non-hydrogen) atoms. The lowest BCUT2D eigenvalue weighted by molar-refractivity contribution is -0.149. The first-order chi connectivity index (χ1) is 13.0. The van der Waals surface area contributed by atoms with Crippen molar-refractivity contribution in [1.29, 1.82) is 0 Å². The van der Waals surface area contributed by atoms with Crippen molar-refractivity contribution in [3.63, 3.8) is 0 Å². The van der Waals surface area contributed by atoms with E-state index in [0.717, 1.165) is 57.1 Å². The second kappa shape index (κ2) is 7.37. The number of hydrogen-bond donors (Lipinski definition) is 1. The highest BCUT2D eigenvalue weighted by atomic mass is 16.5. The van der Waals surface area contributed by atoms with Gasteiger partial charge in [-0.3, -0.25) is 14.6 Å². The Hall–Kier alpha value is -1.70. The maximum Gasteiger partial charge on any atom is 0.312 e. The normalized spacial score (nSPS) is 29.8. The van der Waals surface area contributed by atoms with Gasteiger partial charge in [0.25, 0.3) is 0 Å². The third-order valence-electron chi connectivity index (χ3n) is 6.51. The Kier molecular flexibility index (Phi) is 5.09. The zero-order chi connectivity index (χ0) is 19.0. The van der Waals surface area contributed by atoms with E-state index in [1.165, 1.54) is 0 Å². The topological polar surface area (TPSA) is 69.1 Å². The minimum absolute atomic E-state index is 0.201. The van der Waals surface area contributed by atoms with Gasteiger partial charge in [-0.05, 0) is 24.5 Å². The molecule has 0 aromatic carbocycles. The third kappa shape index (κ3) is 3.56. The fourth-order valence-corrected chi connectivity index (χ4v) is 4.99. The molecule has 0 unspecified atom stereocenters. The molecular weight excluding hydrogens is 344 g/mol. The van der Waals surface area contributed by atoms with E-state index in [0.29, 0.717) is 19.1 Å². The highest BCUT2D eigenvalue weighted by molar-refractivity contribution is 5.77. The van der Waals surface area contributed by atoms with Gasteiger partial charge in [-0.2, -0.15) is 0 Å². The van der Waals surface area contributed by atoms with Crippen molar-refractivity contribution in [2.75, 3.05) is 58.4 Å². The summed E-state index contributed by atoms with van der Waals surface area (Å²) in [5.74, 6) is 0.503. The number of pyridine rings is 1. The van der Waals surface area contributed by atoms with E-state index in [1.54, 1.807) is 0 Å². The van der Waals surface area contributed by atoms with Crippen LogP contribution in [0.2, 0.25) is 0 Å². The molecule has 148 valence electrons. The Bertz CT molecular complexity index is 674. The molecule has 4 heterocycles. The molecule has 1 aromatic heterocycles. The molecule has 3 fully saturated rings. The number of fused-ring (bicyclic) bond motifs is 1. The van der Waals surface area contributed by atoms with Crippen LogP contribution in [0.25, 0.3) is 0 Å². The summed E-state index contributed by atoms with van der Waals surface area (Å²) in [6.07, 6.45) is 3.96. The summed E-state index contributed by atoms with van der Waals surface area (Å²) in [6, 6.07) is 4.60.